The van der Waals surface area contributed by atoms with E-state index in [9.17, 15) is 5.26 Å². The minimum Gasteiger partial charge on any atom is -0.366 e. The molecule has 0 aliphatic heterocycles. The molecule has 0 saturated carbocycles. The monoisotopic (exact) mass is 273 g/mol. The number of aryl methyl sites for hydroxylation is 1. The lowest BCUT2D eigenvalue weighted by Gasteiger charge is -2.08. The van der Waals surface area contributed by atoms with Gasteiger partial charge in [-0.05, 0) is 24.6 Å². The Morgan fingerprint density at radius 2 is 1.95 bits per heavy atom. The van der Waals surface area contributed by atoms with Crippen molar-refractivity contribution in [2.45, 2.75) is 13.5 Å². The van der Waals surface area contributed by atoms with E-state index in [1.165, 1.54) is 11.1 Å². The SMILES string of the molecule is Cc1cccc(CNc2cc(C#N)c3ccccc3n2)c1. The van der Waals surface area contributed by atoms with Crippen LogP contribution in [0.4, 0.5) is 5.82 Å². The number of nitriles is 1. The molecule has 1 aromatic heterocycles. The van der Waals surface area contributed by atoms with E-state index in [0.29, 0.717) is 12.1 Å². The summed E-state index contributed by atoms with van der Waals surface area (Å²) in [5, 5.41) is 13.5. The van der Waals surface area contributed by atoms with Gasteiger partial charge in [0.15, 0.2) is 0 Å². The Hall–Kier alpha value is -2.86. The Morgan fingerprint density at radius 1 is 1.10 bits per heavy atom. The first-order valence-electron chi connectivity index (χ1n) is 6.85. The number of nitrogens with one attached hydrogen (secondary N) is 1. The molecule has 0 amide bonds. The van der Waals surface area contributed by atoms with Crippen molar-refractivity contribution < 1.29 is 0 Å². The number of anilines is 1. The summed E-state index contributed by atoms with van der Waals surface area (Å²) in [5.41, 5.74) is 3.91. The molecule has 21 heavy (non-hydrogen) atoms. The Morgan fingerprint density at radius 3 is 2.76 bits per heavy atom. The van der Waals surface area contributed by atoms with Crippen molar-refractivity contribution in [1.82, 2.24) is 4.98 Å². The number of aromatic nitrogens is 1. The molecule has 0 radical (unpaired) electrons. The first-order valence-corrected chi connectivity index (χ1v) is 6.85. The highest BCUT2D eigenvalue weighted by Crippen LogP contribution is 2.20. The minimum atomic E-state index is 0.646. The fourth-order valence-corrected chi connectivity index (χ4v) is 2.37. The van der Waals surface area contributed by atoms with Crippen molar-refractivity contribution >= 4 is 16.7 Å². The highest BCUT2D eigenvalue weighted by atomic mass is 15.0. The Balaban J connectivity index is 1.89. The fourth-order valence-electron chi connectivity index (χ4n) is 2.37. The van der Waals surface area contributed by atoms with E-state index in [4.69, 9.17) is 0 Å². The molecule has 1 N–H and O–H groups in total. The molecule has 0 spiro atoms. The van der Waals surface area contributed by atoms with Gasteiger partial charge in [0.2, 0.25) is 0 Å². The Labute approximate surface area is 123 Å². The van der Waals surface area contributed by atoms with Crippen molar-refractivity contribution in [1.29, 1.82) is 5.26 Å². The first kappa shape index (κ1) is 13.1. The van der Waals surface area contributed by atoms with Crippen LogP contribution in [-0.4, -0.2) is 4.98 Å². The standard InChI is InChI=1S/C18H15N3/c1-13-5-4-6-14(9-13)12-20-18-10-15(11-19)16-7-2-3-8-17(16)21-18/h2-10H,12H2,1H3,(H,20,21). The molecule has 1 heterocycles. The van der Waals surface area contributed by atoms with Gasteiger partial charge >= 0.3 is 0 Å². The molecule has 2 aromatic carbocycles. The molecular formula is C18H15N3. The van der Waals surface area contributed by atoms with Gasteiger partial charge < -0.3 is 5.32 Å². The fraction of sp³-hybridized carbons (Fsp3) is 0.111. The molecular weight excluding hydrogens is 258 g/mol. The van der Waals surface area contributed by atoms with Crippen LogP contribution in [0.1, 0.15) is 16.7 Å². The summed E-state index contributed by atoms with van der Waals surface area (Å²) >= 11 is 0. The number of fused-ring (bicyclic) bond motifs is 1. The zero-order chi connectivity index (χ0) is 14.7. The van der Waals surface area contributed by atoms with Crippen molar-refractivity contribution in [3.05, 3.63) is 71.3 Å². The van der Waals surface area contributed by atoms with Crippen LogP contribution in [0.5, 0.6) is 0 Å². The third-order valence-electron chi connectivity index (χ3n) is 3.39. The second-order valence-corrected chi connectivity index (χ2v) is 5.03. The molecule has 3 aromatic rings. The van der Waals surface area contributed by atoms with Gasteiger partial charge in [-0.3, -0.25) is 0 Å². The minimum absolute atomic E-state index is 0.646. The summed E-state index contributed by atoms with van der Waals surface area (Å²) in [7, 11) is 0. The van der Waals surface area contributed by atoms with Gasteiger partial charge in [0.25, 0.3) is 0 Å². The molecule has 102 valence electrons. The largest absolute Gasteiger partial charge is 0.366 e. The van der Waals surface area contributed by atoms with Crippen LogP contribution in [0.3, 0.4) is 0 Å². The topological polar surface area (TPSA) is 48.7 Å². The maximum Gasteiger partial charge on any atom is 0.128 e. The number of benzene rings is 2. The zero-order valence-electron chi connectivity index (χ0n) is 11.8. The second kappa shape index (κ2) is 5.64. The summed E-state index contributed by atoms with van der Waals surface area (Å²) in [6.07, 6.45) is 0. The maximum absolute atomic E-state index is 9.28. The van der Waals surface area contributed by atoms with Gasteiger partial charge in [0.05, 0.1) is 17.1 Å². The predicted molar refractivity (Wildman–Crippen MR) is 85.0 cm³/mol. The molecule has 0 bridgehead atoms. The molecule has 0 aliphatic rings. The summed E-state index contributed by atoms with van der Waals surface area (Å²) < 4.78 is 0. The van der Waals surface area contributed by atoms with E-state index in [-0.39, 0.29) is 0 Å². The number of pyridine rings is 1. The molecule has 0 saturated heterocycles. The van der Waals surface area contributed by atoms with Crippen molar-refractivity contribution in [3.8, 4) is 6.07 Å². The van der Waals surface area contributed by atoms with Gasteiger partial charge in [-0.15, -0.1) is 0 Å². The van der Waals surface area contributed by atoms with Crippen LogP contribution >= 0.6 is 0 Å². The summed E-state index contributed by atoms with van der Waals surface area (Å²) in [6, 6.07) is 20.1. The number of hydrogen-bond donors (Lipinski definition) is 1. The van der Waals surface area contributed by atoms with Crippen LogP contribution in [0.2, 0.25) is 0 Å². The summed E-state index contributed by atoms with van der Waals surface area (Å²) in [4.78, 5) is 4.56. The second-order valence-electron chi connectivity index (χ2n) is 5.03. The van der Waals surface area contributed by atoms with Gasteiger partial charge in [-0.2, -0.15) is 5.26 Å². The first-order chi connectivity index (χ1) is 10.3. The lowest BCUT2D eigenvalue weighted by Crippen LogP contribution is -2.02. The smallest absolute Gasteiger partial charge is 0.128 e. The number of rotatable bonds is 3. The lowest BCUT2D eigenvalue weighted by atomic mass is 10.1. The Bertz CT molecular complexity index is 831. The zero-order valence-corrected chi connectivity index (χ0v) is 11.8. The van der Waals surface area contributed by atoms with Crippen LogP contribution in [0.15, 0.2) is 54.6 Å². The summed E-state index contributed by atoms with van der Waals surface area (Å²) in [5.74, 6) is 0.728. The maximum atomic E-state index is 9.28. The van der Waals surface area contributed by atoms with E-state index >= 15 is 0 Å². The van der Waals surface area contributed by atoms with Crippen molar-refractivity contribution in [2.24, 2.45) is 0 Å². The van der Waals surface area contributed by atoms with Crippen LogP contribution in [-0.2, 0) is 6.54 Å². The predicted octanol–water partition coefficient (Wildman–Crippen LogP) is 4.03. The van der Waals surface area contributed by atoms with Gasteiger partial charge in [-0.1, -0.05) is 48.0 Å². The molecule has 0 atom stereocenters. The summed E-state index contributed by atoms with van der Waals surface area (Å²) in [6.45, 7) is 2.77. The highest BCUT2D eigenvalue weighted by molar-refractivity contribution is 5.86. The van der Waals surface area contributed by atoms with E-state index in [1.54, 1.807) is 6.07 Å². The van der Waals surface area contributed by atoms with Gasteiger partial charge in [-0.25, -0.2) is 4.98 Å². The molecule has 3 nitrogen and oxygen atoms in total. The molecule has 0 aliphatic carbocycles. The third kappa shape index (κ3) is 2.85. The van der Waals surface area contributed by atoms with E-state index in [2.05, 4.69) is 41.5 Å². The van der Waals surface area contributed by atoms with Crippen molar-refractivity contribution in [3.63, 3.8) is 0 Å². The molecule has 0 unspecified atom stereocenters. The van der Waals surface area contributed by atoms with Crippen LogP contribution in [0, 0.1) is 18.3 Å². The van der Waals surface area contributed by atoms with E-state index < -0.39 is 0 Å². The number of hydrogen-bond acceptors (Lipinski definition) is 3. The number of para-hydroxylation sites is 1. The van der Waals surface area contributed by atoms with Gasteiger partial charge in [0, 0.05) is 11.9 Å². The van der Waals surface area contributed by atoms with E-state index in [1.807, 2.05) is 30.3 Å². The van der Waals surface area contributed by atoms with Gasteiger partial charge in [0.1, 0.15) is 5.82 Å². The average Bonchev–Trinajstić information content (AvgIpc) is 2.52. The van der Waals surface area contributed by atoms with Crippen molar-refractivity contribution in [2.75, 3.05) is 5.32 Å². The highest BCUT2D eigenvalue weighted by Gasteiger charge is 2.04. The Kier molecular flexibility index (Phi) is 3.53. The normalized spacial score (nSPS) is 10.3. The average molecular weight is 273 g/mol. The third-order valence-corrected chi connectivity index (χ3v) is 3.39. The van der Waals surface area contributed by atoms with Crippen LogP contribution < -0.4 is 5.32 Å². The molecule has 3 heteroatoms. The lowest BCUT2D eigenvalue weighted by molar-refractivity contribution is 1.11. The number of nitrogens with zero attached hydrogens (tertiary/aromatic N) is 2. The molecule has 3 rings (SSSR count). The van der Waals surface area contributed by atoms with Crippen LogP contribution in [0.25, 0.3) is 10.9 Å². The van der Waals surface area contributed by atoms with E-state index in [0.717, 1.165) is 16.7 Å². The molecule has 0 fully saturated rings. The quantitative estimate of drug-likeness (QED) is 0.783.